The molecule has 0 radical (unpaired) electrons. The zero-order valence-corrected chi connectivity index (χ0v) is 20.0. The van der Waals surface area contributed by atoms with Gasteiger partial charge in [0.25, 0.3) is 15.9 Å². The molecule has 1 N–H and O–H groups in total. The predicted molar refractivity (Wildman–Crippen MR) is 127 cm³/mol. The minimum Gasteiger partial charge on any atom is -0.462 e. The van der Waals surface area contributed by atoms with E-state index >= 15 is 0 Å². The Balaban J connectivity index is 1.60. The number of rotatable bonds is 6. The van der Waals surface area contributed by atoms with E-state index in [1.165, 1.54) is 34.4 Å². The number of aromatic nitrogens is 1. The number of amides is 1. The molecule has 0 spiro atoms. The minimum atomic E-state index is -3.91. The number of ether oxygens (including phenoxy) is 1. The summed E-state index contributed by atoms with van der Waals surface area (Å²) in [6, 6.07) is 16.0. The molecule has 0 saturated carbocycles. The van der Waals surface area contributed by atoms with E-state index in [1.54, 1.807) is 37.3 Å². The summed E-state index contributed by atoms with van der Waals surface area (Å²) >= 11 is 4.46. The highest BCUT2D eigenvalue weighted by molar-refractivity contribution is 9.10. The highest BCUT2D eigenvalue weighted by Crippen LogP contribution is 2.26. The second-order valence-corrected chi connectivity index (χ2v) is 10.5. The van der Waals surface area contributed by atoms with Crippen LogP contribution in [0, 0.1) is 0 Å². The Labute approximate surface area is 196 Å². The number of hydrogen-bond donors (Lipinski definition) is 1. The van der Waals surface area contributed by atoms with Crippen molar-refractivity contribution >= 4 is 65.1 Å². The third-order valence-corrected chi connectivity index (χ3v) is 7.75. The van der Waals surface area contributed by atoms with E-state index in [0.717, 1.165) is 21.2 Å². The Morgan fingerprint density at radius 3 is 2.69 bits per heavy atom. The summed E-state index contributed by atoms with van der Waals surface area (Å²) < 4.78 is 33.5. The average molecular weight is 533 g/mol. The third kappa shape index (κ3) is 4.34. The molecule has 2 aromatic carbocycles. The first-order valence-corrected chi connectivity index (χ1v) is 12.5. The van der Waals surface area contributed by atoms with E-state index < -0.39 is 21.9 Å². The molecular formula is C22H17BrN2O5S2. The lowest BCUT2D eigenvalue weighted by molar-refractivity contribution is 0.0532. The van der Waals surface area contributed by atoms with Gasteiger partial charge >= 0.3 is 5.97 Å². The maximum absolute atomic E-state index is 13.2. The number of nitrogens with one attached hydrogen (secondary N) is 1. The summed E-state index contributed by atoms with van der Waals surface area (Å²) in [5.74, 6) is -0.947. The molecule has 10 heteroatoms. The maximum Gasteiger partial charge on any atom is 0.348 e. The molecule has 0 saturated heterocycles. The summed E-state index contributed by atoms with van der Waals surface area (Å²) in [6.45, 7) is 1.97. The number of carbonyl (C=O) groups excluding carboxylic acids is 2. The van der Waals surface area contributed by atoms with Crippen LogP contribution >= 0.6 is 27.3 Å². The minimum absolute atomic E-state index is 0.0102. The van der Waals surface area contributed by atoms with Crippen LogP contribution in [0.25, 0.3) is 10.9 Å². The molecule has 0 aliphatic heterocycles. The Morgan fingerprint density at radius 2 is 1.91 bits per heavy atom. The lowest BCUT2D eigenvalue weighted by atomic mass is 10.2. The quantitative estimate of drug-likeness (QED) is 0.347. The van der Waals surface area contributed by atoms with Gasteiger partial charge in [-0.25, -0.2) is 17.2 Å². The van der Waals surface area contributed by atoms with Crippen molar-refractivity contribution in [1.29, 1.82) is 0 Å². The summed E-state index contributed by atoms with van der Waals surface area (Å²) in [5.41, 5.74) is 0.713. The number of anilines is 1. The van der Waals surface area contributed by atoms with E-state index in [9.17, 15) is 18.0 Å². The van der Waals surface area contributed by atoms with Crippen molar-refractivity contribution in [3.63, 3.8) is 0 Å². The molecule has 0 atom stereocenters. The largest absolute Gasteiger partial charge is 0.462 e. The topological polar surface area (TPSA) is 94.5 Å². The second kappa shape index (κ2) is 8.89. The van der Waals surface area contributed by atoms with Crippen LogP contribution in [0.3, 0.4) is 0 Å². The predicted octanol–water partition coefficient (Wildman–Crippen LogP) is 5.13. The molecule has 32 heavy (non-hydrogen) atoms. The second-order valence-electron chi connectivity index (χ2n) is 6.69. The monoisotopic (exact) mass is 532 g/mol. The third-order valence-electron chi connectivity index (χ3n) is 4.59. The maximum atomic E-state index is 13.2. The lowest BCUT2D eigenvalue weighted by Gasteiger charge is -2.09. The van der Waals surface area contributed by atoms with Gasteiger partial charge in [-0.15, -0.1) is 11.3 Å². The molecule has 0 bridgehead atoms. The van der Waals surface area contributed by atoms with Crippen LogP contribution in [-0.4, -0.2) is 30.9 Å². The molecule has 4 aromatic rings. The Morgan fingerprint density at radius 1 is 1.09 bits per heavy atom. The first-order chi connectivity index (χ1) is 15.3. The van der Waals surface area contributed by atoms with E-state index in [4.69, 9.17) is 4.74 Å². The van der Waals surface area contributed by atoms with Crippen LogP contribution in [0.2, 0.25) is 0 Å². The van der Waals surface area contributed by atoms with Gasteiger partial charge < -0.3 is 10.1 Å². The number of esters is 1. The molecule has 4 rings (SSSR count). The van der Waals surface area contributed by atoms with Crippen LogP contribution in [0.5, 0.6) is 0 Å². The first kappa shape index (κ1) is 22.3. The first-order valence-electron chi connectivity index (χ1n) is 9.50. The molecule has 2 heterocycles. The van der Waals surface area contributed by atoms with Gasteiger partial charge in [0.1, 0.15) is 4.88 Å². The highest BCUT2D eigenvalue weighted by atomic mass is 79.9. The smallest absolute Gasteiger partial charge is 0.348 e. The summed E-state index contributed by atoms with van der Waals surface area (Å²) in [4.78, 5) is 24.9. The van der Waals surface area contributed by atoms with Gasteiger partial charge in [0.15, 0.2) is 0 Å². The number of halogens is 1. The van der Waals surface area contributed by atoms with Crippen LogP contribution in [0.4, 0.5) is 5.00 Å². The van der Waals surface area contributed by atoms with Gasteiger partial charge in [0.05, 0.1) is 22.0 Å². The van der Waals surface area contributed by atoms with Crippen LogP contribution in [0.1, 0.15) is 27.0 Å². The van der Waals surface area contributed by atoms with E-state index in [0.29, 0.717) is 15.4 Å². The number of carbonyl (C=O) groups is 2. The fourth-order valence-corrected chi connectivity index (χ4v) is 5.68. The fourth-order valence-electron chi connectivity index (χ4n) is 3.11. The van der Waals surface area contributed by atoms with Crippen LogP contribution < -0.4 is 5.32 Å². The molecule has 0 aliphatic rings. The summed E-state index contributed by atoms with van der Waals surface area (Å²) in [6.07, 6.45) is 1.49. The number of benzene rings is 2. The Kier molecular flexibility index (Phi) is 6.18. The fraction of sp³-hybridized carbons (Fsp3) is 0.0909. The van der Waals surface area contributed by atoms with Crippen molar-refractivity contribution < 1.29 is 22.7 Å². The SMILES string of the molecule is CCOC(=O)c1ccc(NC(=O)c2cccc(S(=O)(=O)n3ccc4cc(Br)ccc43)c2)s1. The van der Waals surface area contributed by atoms with Crippen molar-refractivity contribution in [1.82, 2.24) is 3.97 Å². The zero-order valence-electron chi connectivity index (χ0n) is 16.7. The van der Waals surface area contributed by atoms with Gasteiger partial charge in [-0.3, -0.25) is 4.79 Å². The average Bonchev–Trinajstić information content (AvgIpc) is 3.41. The summed E-state index contributed by atoms with van der Waals surface area (Å²) in [7, 11) is -3.91. The standard InChI is InChI=1S/C22H17BrN2O5S2/c1-2-30-22(27)19-8-9-20(31-19)24-21(26)15-4-3-5-17(13-15)32(28,29)25-11-10-14-12-16(23)6-7-18(14)25/h3-13H,2H2,1H3,(H,24,26). The van der Waals surface area contributed by atoms with Gasteiger partial charge in [0, 0.05) is 21.6 Å². The molecule has 1 amide bonds. The van der Waals surface area contributed by atoms with Crippen LogP contribution in [-0.2, 0) is 14.8 Å². The molecule has 0 fully saturated rings. The number of hydrogen-bond acceptors (Lipinski definition) is 6. The molecule has 7 nitrogen and oxygen atoms in total. The van der Waals surface area contributed by atoms with Gasteiger partial charge in [-0.1, -0.05) is 22.0 Å². The lowest BCUT2D eigenvalue weighted by Crippen LogP contribution is -2.15. The van der Waals surface area contributed by atoms with Gasteiger partial charge in [-0.2, -0.15) is 0 Å². The van der Waals surface area contributed by atoms with E-state index in [1.807, 2.05) is 6.07 Å². The Hall–Kier alpha value is -2.95. The highest BCUT2D eigenvalue weighted by Gasteiger charge is 2.21. The molecular weight excluding hydrogens is 516 g/mol. The number of thiophene rings is 1. The van der Waals surface area contributed by atoms with E-state index in [2.05, 4.69) is 21.2 Å². The van der Waals surface area contributed by atoms with Gasteiger partial charge in [0.2, 0.25) is 0 Å². The zero-order chi connectivity index (χ0) is 22.9. The van der Waals surface area contributed by atoms with Crippen molar-refractivity contribution in [2.24, 2.45) is 0 Å². The number of fused-ring (bicyclic) bond motifs is 1. The molecule has 0 aliphatic carbocycles. The normalized spacial score (nSPS) is 11.4. The van der Waals surface area contributed by atoms with Gasteiger partial charge in [-0.05, 0) is 61.5 Å². The van der Waals surface area contributed by atoms with Crippen molar-refractivity contribution in [2.45, 2.75) is 11.8 Å². The van der Waals surface area contributed by atoms with Crippen molar-refractivity contribution in [2.75, 3.05) is 11.9 Å². The Bertz CT molecular complexity index is 1440. The van der Waals surface area contributed by atoms with Crippen LogP contribution in [0.15, 0.2) is 76.2 Å². The number of nitrogens with zero attached hydrogens (tertiary/aromatic N) is 1. The van der Waals surface area contributed by atoms with Crippen molar-refractivity contribution in [3.8, 4) is 0 Å². The van der Waals surface area contributed by atoms with Crippen molar-refractivity contribution in [3.05, 3.63) is 81.8 Å². The van der Waals surface area contributed by atoms with E-state index in [-0.39, 0.29) is 17.1 Å². The summed E-state index contributed by atoms with van der Waals surface area (Å²) in [5, 5.41) is 3.91. The molecule has 0 unspecified atom stereocenters. The molecule has 2 aromatic heterocycles. The molecule has 164 valence electrons.